The molecule has 0 saturated carbocycles. The van der Waals surface area contributed by atoms with Crippen molar-refractivity contribution in [1.82, 2.24) is 0 Å². The molecule has 5 nitrogen and oxygen atoms in total. The zero-order valence-corrected chi connectivity index (χ0v) is 7.24. The van der Waals surface area contributed by atoms with Crippen LogP contribution in [0.2, 0.25) is 0 Å². The summed E-state index contributed by atoms with van der Waals surface area (Å²) in [5.41, 5.74) is 0. The van der Waals surface area contributed by atoms with E-state index < -0.39 is 23.8 Å². The van der Waals surface area contributed by atoms with E-state index in [1.165, 1.54) is 6.92 Å². The molecule has 0 aliphatic carbocycles. The molecule has 1 aliphatic heterocycles. The molecule has 1 saturated heterocycles. The summed E-state index contributed by atoms with van der Waals surface area (Å²) >= 11 is 0. The molecule has 0 aromatic rings. The van der Waals surface area contributed by atoms with Gasteiger partial charge in [-0.25, -0.2) is 0 Å². The van der Waals surface area contributed by atoms with E-state index in [4.69, 9.17) is 0 Å². The molecule has 72 valence electrons. The standard InChI is InChI=1S/C8H10O5/c1-5(9)12-3-2-6-4-7(10)13-8(6)11/h6H,2-4H2,1H3. The van der Waals surface area contributed by atoms with Gasteiger partial charge in [-0.1, -0.05) is 0 Å². The smallest absolute Gasteiger partial charge is 0.317 e. The van der Waals surface area contributed by atoms with E-state index in [0.717, 1.165) is 0 Å². The Kier molecular flexibility index (Phi) is 3.00. The van der Waals surface area contributed by atoms with Gasteiger partial charge in [0.1, 0.15) is 0 Å². The fourth-order valence-corrected chi connectivity index (χ4v) is 1.09. The van der Waals surface area contributed by atoms with Gasteiger partial charge in [-0.15, -0.1) is 0 Å². The number of hydrogen-bond donors (Lipinski definition) is 0. The molecule has 0 aromatic carbocycles. The maximum absolute atomic E-state index is 10.9. The van der Waals surface area contributed by atoms with Crippen molar-refractivity contribution in [3.8, 4) is 0 Å². The lowest BCUT2D eigenvalue weighted by Gasteiger charge is -2.03. The van der Waals surface area contributed by atoms with Crippen LogP contribution in [0.3, 0.4) is 0 Å². The number of esters is 3. The topological polar surface area (TPSA) is 69.7 Å². The Bertz CT molecular complexity index is 245. The van der Waals surface area contributed by atoms with Crippen LogP contribution in [-0.4, -0.2) is 24.5 Å². The van der Waals surface area contributed by atoms with Crippen molar-refractivity contribution in [3.05, 3.63) is 0 Å². The molecule has 0 radical (unpaired) electrons. The van der Waals surface area contributed by atoms with Crippen molar-refractivity contribution in [1.29, 1.82) is 0 Å². The summed E-state index contributed by atoms with van der Waals surface area (Å²) in [6.07, 6.45) is 0.449. The van der Waals surface area contributed by atoms with Gasteiger partial charge < -0.3 is 9.47 Å². The molecule has 0 aromatic heterocycles. The van der Waals surface area contributed by atoms with E-state index in [1.807, 2.05) is 0 Å². The van der Waals surface area contributed by atoms with Crippen LogP contribution in [0.5, 0.6) is 0 Å². The number of hydrogen-bond acceptors (Lipinski definition) is 5. The molecule has 1 heterocycles. The van der Waals surface area contributed by atoms with Crippen molar-refractivity contribution in [2.75, 3.05) is 6.61 Å². The second-order valence-electron chi connectivity index (χ2n) is 2.82. The quantitative estimate of drug-likeness (QED) is 0.459. The average Bonchev–Trinajstić information content (AvgIpc) is 2.29. The lowest BCUT2D eigenvalue weighted by Crippen LogP contribution is -2.11. The molecule has 0 spiro atoms. The van der Waals surface area contributed by atoms with Crippen LogP contribution in [-0.2, 0) is 23.9 Å². The summed E-state index contributed by atoms with van der Waals surface area (Å²) in [5.74, 6) is -1.85. The van der Waals surface area contributed by atoms with Crippen molar-refractivity contribution >= 4 is 17.9 Å². The first-order valence-corrected chi connectivity index (χ1v) is 3.97. The first-order chi connectivity index (χ1) is 6.09. The molecule has 1 rings (SSSR count). The summed E-state index contributed by atoms with van der Waals surface area (Å²) < 4.78 is 8.94. The molecule has 1 atom stereocenters. The van der Waals surface area contributed by atoms with E-state index in [0.29, 0.717) is 6.42 Å². The lowest BCUT2D eigenvalue weighted by molar-refractivity contribution is -0.154. The Morgan fingerprint density at radius 1 is 1.62 bits per heavy atom. The molecule has 13 heavy (non-hydrogen) atoms. The summed E-state index contributed by atoms with van der Waals surface area (Å²) in [4.78, 5) is 31.8. The molecule has 1 fully saturated rings. The molecular formula is C8H10O5. The number of carbonyl (C=O) groups is 3. The Hall–Kier alpha value is -1.39. The minimum Gasteiger partial charge on any atom is -0.466 e. The zero-order chi connectivity index (χ0) is 9.84. The van der Waals surface area contributed by atoms with Gasteiger partial charge in [-0.05, 0) is 6.42 Å². The fourth-order valence-electron chi connectivity index (χ4n) is 1.09. The summed E-state index contributed by atoms with van der Waals surface area (Å²) in [6.45, 7) is 1.44. The Labute approximate surface area is 75.0 Å². The minimum absolute atomic E-state index is 0.0973. The number of ether oxygens (including phenoxy) is 2. The van der Waals surface area contributed by atoms with Gasteiger partial charge in [0.05, 0.1) is 18.9 Å². The molecule has 1 aliphatic rings. The molecule has 5 heteroatoms. The second-order valence-corrected chi connectivity index (χ2v) is 2.82. The van der Waals surface area contributed by atoms with Gasteiger partial charge >= 0.3 is 17.9 Å². The highest BCUT2D eigenvalue weighted by Gasteiger charge is 2.32. The Morgan fingerprint density at radius 3 is 2.77 bits per heavy atom. The van der Waals surface area contributed by atoms with Crippen molar-refractivity contribution in [2.24, 2.45) is 5.92 Å². The number of cyclic esters (lactones) is 2. The predicted molar refractivity (Wildman–Crippen MR) is 40.5 cm³/mol. The largest absolute Gasteiger partial charge is 0.466 e. The van der Waals surface area contributed by atoms with Crippen LogP contribution in [0.25, 0.3) is 0 Å². The third-order valence-corrected chi connectivity index (χ3v) is 1.73. The molecular weight excluding hydrogens is 176 g/mol. The van der Waals surface area contributed by atoms with Gasteiger partial charge in [0.2, 0.25) is 0 Å². The van der Waals surface area contributed by atoms with Crippen LogP contribution < -0.4 is 0 Å². The first-order valence-electron chi connectivity index (χ1n) is 3.97. The van der Waals surface area contributed by atoms with E-state index in [1.54, 1.807) is 0 Å². The van der Waals surface area contributed by atoms with Crippen molar-refractivity contribution in [3.63, 3.8) is 0 Å². The molecule has 0 amide bonds. The van der Waals surface area contributed by atoms with Gasteiger partial charge in [-0.2, -0.15) is 0 Å². The van der Waals surface area contributed by atoms with Gasteiger partial charge in [0.25, 0.3) is 0 Å². The van der Waals surface area contributed by atoms with Crippen molar-refractivity contribution < 1.29 is 23.9 Å². The second kappa shape index (κ2) is 4.02. The van der Waals surface area contributed by atoms with E-state index in [-0.39, 0.29) is 13.0 Å². The number of carbonyl (C=O) groups excluding carboxylic acids is 3. The zero-order valence-electron chi connectivity index (χ0n) is 7.24. The van der Waals surface area contributed by atoms with Crippen LogP contribution in [0.4, 0.5) is 0 Å². The SMILES string of the molecule is CC(=O)OCCC1CC(=O)OC1=O. The van der Waals surface area contributed by atoms with Gasteiger partial charge in [0.15, 0.2) is 0 Å². The maximum atomic E-state index is 10.9. The molecule has 0 N–H and O–H groups in total. The van der Waals surface area contributed by atoms with E-state index in [9.17, 15) is 14.4 Å². The minimum atomic E-state index is -0.517. The Morgan fingerprint density at radius 2 is 2.31 bits per heavy atom. The Balaban J connectivity index is 2.26. The predicted octanol–water partition coefficient (Wildman–Crippen LogP) is 0.0293. The monoisotopic (exact) mass is 186 g/mol. The summed E-state index contributed by atoms with van der Waals surface area (Å²) in [7, 11) is 0. The molecule has 0 bridgehead atoms. The van der Waals surface area contributed by atoms with Gasteiger partial charge in [0, 0.05) is 6.92 Å². The third-order valence-electron chi connectivity index (χ3n) is 1.73. The fraction of sp³-hybridized carbons (Fsp3) is 0.625. The van der Waals surface area contributed by atoms with Crippen LogP contribution in [0.15, 0.2) is 0 Å². The van der Waals surface area contributed by atoms with Crippen molar-refractivity contribution in [2.45, 2.75) is 19.8 Å². The first kappa shape index (κ1) is 9.70. The maximum Gasteiger partial charge on any atom is 0.317 e. The average molecular weight is 186 g/mol. The third kappa shape index (κ3) is 2.85. The highest BCUT2D eigenvalue weighted by atomic mass is 16.6. The van der Waals surface area contributed by atoms with Crippen LogP contribution in [0.1, 0.15) is 19.8 Å². The summed E-state index contributed by atoms with van der Waals surface area (Å²) in [5, 5.41) is 0. The normalized spacial score (nSPS) is 21.5. The highest BCUT2D eigenvalue weighted by molar-refractivity contribution is 5.94. The van der Waals surface area contributed by atoms with E-state index >= 15 is 0 Å². The summed E-state index contributed by atoms with van der Waals surface area (Å²) in [6, 6.07) is 0. The van der Waals surface area contributed by atoms with Gasteiger partial charge in [-0.3, -0.25) is 14.4 Å². The highest BCUT2D eigenvalue weighted by Crippen LogP contribution is 2.19. The lowest BCUT2D eigenvalue weighted by atomic mass is 10.1. The van der Waals surface area contributed by atoms with Crippen LogP contribution >= 0.6 is 0 Å². The van der Waals surface area contributed by atoms with Crippen LogP contribution in [0, 0.1) is 5.92 Å². The molecule has 1 unspecified atom stereocenters. The number of rotatable bonds is 3. The van der Waals surface area contributed by atoms with E-state index in [2.05, 4.69) is 9.47 Å².